The Hall–Kier alpha value is -1.56. The molecule has 19 heavy (non-hydrogen) atoms. The Kier molecular flexibility index (Phi) is 5.35. The number of methoxy groups -OCH3 is 1. The van der Waals surface area contributed by atoms with Gasteiger partial charge in [0, 0.05) is 6.42 Å². The van der Waals surface area contributed by atoms with Gasteiger partial charge in [-0.15, -0.1) is 0 Å². The van der Waals surface area contributed by atoms with Gasteiger partial charge in [-0.2, -0.15) is 0 Å². The molecular formula is C13H19NO4S. The quantitative estimate of drug-likeness (QED) is 0.811. The summed E-state index contributed by atoms with van der Waals surface area (Å²) in [6.45, 7) is 3.69. The molecule has 1 aromatic rings. The lowest BCUT2D eigenvalue weighted by Gasteiger charge is -2.12. The average molecular weight is 285 g/mol. The number of hydrogen-bond acceptors (Lipinski definition) is 4. The van der Waals surface area contributed by atoms with E-state index >= 15 is 0 Å². The van der Waals surface area contributed by atoms with Crippen LogP contribution in [0.15, 0.2) is 18.2 Å². The molecule has 0 aliphatic carbocycles. The number of esters is 1. The van der Waals surface area contributed by atoms with Crippen LogP contribution < -0.4 is 4.72 Å². The minimum atomic E-state index is -3.44. The zero-order chi connectivity index (χ0) is 14.5. The smallest absolute Gasteiger partial charge is 0.305 e. The molecule has 1 rings (SSSR count). The largest absolute Gasteiger partial charge is 0.469 e. The molecule has 0 aromatic heterocycles. The van der Waals surface area contributed by atoms with Crippen LogP contribution in [0.1, 0.15) is 24.0 Å². The predicted octanol–water partition coefficient (Wildman–Crippen LogP) is 2.00. The third-order valence-corrected chi connectivity index (χ3v) is 4.10. The van der Waals surface area contributed by atoms with Crippen LogP contribution in [0.4, 0.5) is 5.69 Å². The Labute approximate surface area is 114 Å². The summed E-state index contributed by atoms with van der Waals surface area (Å²) in [5.74, 6) is -0.502. The van der Waals surface area contributed by atoms with Crippen molar-refractivity contribution >= 4 is 21.7 Å². The predicted molar refractivity (Wildman–Crippen MR) is 74.6 cm³/mol. The maximum Gasteiger partial charge on any atom is 0.305 e. The zero-order valence-electron chi connectivity index (χ0n) is 11.4. The van der Waals surface area contributed by atoms with Gasteiger partial charge in [0.2, 0.25) is 10.0 Å². The van der Waals surface area contributed by atoms with E-state index in [0.717, 1.165) is 11.1 Å². The molecule has 0 spiro atoms. The second-order valence-corrected chi connectivity index (χ2v) is 6.21. The molecule has 0 unspecified atom stereocenters. The summed E-state index contributed by atoms with van der Waals surface area (Å²) in [5, 5.41) is 0. The van der Waals surface area contributed by atoms with Crippen molar-refractivity contribution in [3.05, 3.63) is 29.3 Å². The molecule has 1 N–H and O–H groups in total. The van der Waals surface area contributed by atoms with Gasteiger partial charge in [0.15, 0.2) is 0 Å². The van der Waals surface area contributed by atoms with Gasteiger partial charge < -0.3 is 4.74 Å². The van der Waals surface area contributed by atoms with Crippen molar-refractivity contribution in [2.45, 2.75) is 26.7 Å². The fourth-order valence-corrected chi connectivity index (χ4v) is 2.95. The Bertz CT molecular complexity index is 532. The molecule has 6 heteroatoms. The zero-order valence-corrected chi connectivity index (χ0v) is 12.2. The maximum absolute atomic E-state index is 11.9. The van der Waals surface area contributed by atoms with E-state index in [9.17, 15) is 13.2 Å². The van der Waals surface area contributed by atoms with Crippen LogP contribution in [0.5, 0.6) is 0 Å². The van der Waals surface area contributed by atoms with Crippen molar-refractivity contribution in [1.29, 1.82) is 0 Å². The fraction of sp³-hybridized carbons (Fsp3) is 0.462. The van der Waals surface area contributed by atoms with Gasteiger partial charge in [0.25, 0.3) is 0 Å². The Morgan fingerprint density at radius 3 is 2.37 bits per heavy atom. The number of benzene rings is 1. The minimum absolute atomic E-state index is 0.101. The topological polar surface area (TPSA) is 72.5 Å². The van der Waals surface area contributed by atoms with Crippen LogP contribution in [-0.4, -0.2) is 27.2 Å². The molecule has 0 fully saturated rings. The third kappa shape index (κ3) is 4.90. The van der Waals surface area contributed by atoms with Crippen LogP contribution in [0.3, 0.4) is 0 Å². The molecule has 0 radical (unpaired) electrons. The molecule has 0 saturated carbocycles. The highest BCUT2D eigenvalue weighted by molar-refractivity contribution is 7.92. The lowest BCUT2D eigenvalue weighted by molar-refractivity contribution is -0.140. The molecule has 106 valence electrons. The molecule has 0 aliphatic rings. The van der Waals surface area contributed by atoms with Gasteiger partial charge in [0.05, 0.1) is 18.6 Å². The second-order valence-electron chi connectivity index (χ2n) is 4.37. The van der Waals surface area contributed by atoms with Crippen LogP contribution >= 0.6 is 0 Å². The van der Waals surface area contributed by atoms with Gasteiger partial charge in [-0.25, -0.2) is 8.42 Å². The number of sulfonamides is 1. The van der Waals surface area contributed by atoms with Crippen molar-refractivity contribution in [3.63, 3.8) is 0 Å². The second kappa shape index (κ2) is 6.56. The van der Waals surface area contributed by atoms with Crippen molar-refractivity contribution in [3.8, 4) is 0 Å². The van der Waals surface area contributed by atoms with Crippen LogP contribution in [0.2, 0.25) is 0 Å². The minimum Gasteiger partial charge on any atom is -0.469 e. The van der Waals surface area contributed by atoms with E-state index in [1.54, 1.807) is 0 Å². The number of anilines is 1. The van der Waals surface area contributed by atoms with Crippen molar-refractivity contribution in [2.75, 3.05) is 17.6 Å². The molecule has 0 heterocycles. The van der Waals surface area contributed by atoms with Crippen LogP contribution in [0.25, 0.3) is 0 Å². The molecule has 1 aromatic carbocycles. The van der Waals surface area contributed by atoms with E-state index in [4.69, 9.17) is 0 Å². The Morgan fingerprint density at radius 2 is 1.84 bits per heavy atom. The molecule has 0 aliphatic heterocycles. The highest BCUT2D eigenvalue weighted by atomic mass is 32.2. The monoisotopic (exact) mass is 285 g/mol. The highest BCUT2D eigenvalue weighted by Gasteiger charge is 2.14. The van der Waals surface area contributed by atoms with E-state index < -0.39 is 16.0 Å². The molecule has 5 nitrogen and oxygen atoms in total. The molecule has 0 saturated heterocycles. The number of nitrogens with one attached hydrogen (secondary N) is 1. The van der Waals surface area contributed by atoms with Crippen LogP contribution in [-0.2, 0) is 19.6 Å². The first-order chi connectivity index (χ1) is 8.85. The number of ether oxygens (including phenoxy) is 1. The van der Waals surface area contributed by atoms with E-state index in [1.165, 1.54) is 7.11 Å². The van der Waals surface area contributed by atoms with Gasteiger partial charge in [-0.1, -0.05) is 18.2 Å². The van der Waals surface area contributed by atoms with Gasteiger partial charge in [-0.3, -0.25) is 9.52 Å². The first-order valence-corrected chi connectivity index (χ1v) is 7.64. The van der Waals surface area contributed by atoms with Gasteiger partial charge in [0.1, 0.15) is 0 Å². The summed E-state index contributed by atoms with van der Waals surface area (Å²) in [6.07, 6.45) is 0.344. The number of carbonyl (C=O) groups excluding carboxylic acids is 1. The number of rotatable bonds is 6. The SMILES string of the molecule is COC(=O)CCCS(=O)(=O)Nc1c(C)cccc1C. The first-order valence-electron chi connectivity index (χ1n) is 5.99. The van der Waals surface area contributed by atoms with Crippen molar-refractivity contribution < 1.29 is 17.9 Å². The molecule has 0 amide bonds. The van der Waals surface area contributed by atoms with Gasteiger partial charge in [-0.05, 0) is 31.4 Å². The highest BCUT2D eigenvalue weighted by Crippen LogP contribution is 2.21. The molecular weight excluding hydrogens is 266 g/mol. The summed E-state index contributed by atoms with van der Waals surface area (Å²) in [7, 11) is -2.16. The Morgan fingerprint density at radius 1 is 1.26 bits per heavy atom. The van der Waals surface area contributed by atoms with Crippen molar-refractivity contribution in [1.82, 2.24) is 0 Å². The molecule has 0 bridgehead atoms. The summed E-state index contributed by atoms with van der Waals surface area (Å²) in [5.41, 5.74) is 2.36. The van der Waals surface area contributed by atoms with Gasteiger partial charge >= 0.3 is 5.97 Å². The number of aryl methyl sites for hydroxylation is 2. The first kappa shape index (κ1) is 15.5. The van der Waals surface area contributed by atoms with Crippen molar-refractivity contribution in [2.24, 2.45) is 0 Å². The number of carbonyl (C=O) groups is 1. The average Bonchev–Trinajstić information content (AvgIpc) is 2.33. The summed E-state index contributed by atoms with van der Waals surface area (Å²) >= 11 is 0. The number of para-hydroxylation sites is 1. The van der Waals surface area contributed by atoms with E-state index in [2.05, 4.69) is 9.46 Å². The van der Waals surface area contributed by atoms with E-state index in [1.807, 2.05) is 32.0 Å². The Balaban J connectivity index is 2.67. The standard InChI is InChI=1S/C13H19NO4S/c1-10-6-4-7-11(2)13(10)14-19(16,17)9-5-8-12(15)18-3/h4,6-7,14H,5,8-9H2,1-3H3. The summed E-state index contributed by atoms with van der Waals surface area (Å²) in [6, 6.07) is 5.57. The number of hydrogen-bond donors (Lipinski definition) is 1. The normalized spacial score (nSPS) is 11.1. The molecule has 0 atom stereocenters. The van der Waals surface area contributed by atoms with E-state index in [0.29, 0.717) is 5.69 Å². The lowest BCUT2D eigenvalue weighted by Crippen LogP contribution is -2.19. The third-order valence-electron chi connectivity index (χ3n) is 2.76. The lowest BCUT2D eigenvalue weighted by atomic mass is 10.1. The maximum atomic E-state index is 11.9. The summed E-state index contributed by atoms with van der Waals surface area (Å²) in [4.78, 5) is 10.9. The fourth-order valence-electron chi connectivity index (χ4n) is 1.69. The van der Waals surface area contributed by atoms with E-state index in [-0.39, 0.29) is 18.6 Å². The van der Waals surface area contributed by atoms with Crippen LogP contribution in [0, 0.1) is 13.8 Å². The summed E-state index contributed by atoms with van der Waals surface area (Å²) < 4.78 is 30.9.